The van der Waals surface area contributed by atoms with Crippen molar-refractivity contribution in [2.75, 3.05) is 5.43 Å². The third-order valence-electron chi connectivity index (χ3n) is 1.57. The summed E-state index contributed by atoms with van der Waals surface area (Å²) in [6.07, 6.45) is 0. The fourth-order valence-electron chi connectivity index (χ4n) is 1.05. The van der Waals surface area contributed by atoms with Crippen molar-refractivity contribution in [1.82, 2.24) is 5.43 Å². The van der Waals surface area contributed by atoms with Gasteiger partial charge in [0.2, 0.25) is 0 Å². The van der Waals surface area contributed by atoms with E-state index in [-0.39, 0.29) is 5.50 Å². The molecule has 0 radical (unpaired) electrons. The van der Waals surface area contributed by atoms with Crippen LogP contribution in [0.15, 0.2) is 24.3 Å². The van der Waals surface area contributed by atoms with Gasteiger partial charge in [0.15, 0.2) is 0 Å². The summed E-state index contributed by atoms with van der Waals surface area (Å²) >= 11 is 5.87. The highest BCUT2D eigenvalue weighted by Crippen LogP contribution is 2.29. The van der Waals surface area contributed by atoms with Crippen molar-refractivity contribution < 1.29 is 0 Å². The molecule has 0 saturated heterocycles. The summed E-state index contributed by atoms with van der Waals surface area (Å²) in [5.74, 6) is 0. The van der Waals surface area contributed by atoms with Crippen LogP contribution in [-0.4, -0.2) is 0 Å². The molecule has 0 spiro atoms. The van der Waals surface area contributed by atoms with Gasteiger partial charge in [-0.2, -0.15) is 0 Å². The van der Waals surface area contributed by atoms with Gasteiger partial charge in [0.25, 0.3) is 0 Å². The summed E-state index contributed by atoms with van der Waals surface area (Å²) in [7, 11) is 0. The molecule has 0 bridgehead atoms. The van der Waals surface area contributed by atoms with Gasteiger partial charge in [-0.1, -0.05) is 29.8 Å². The highest BCUT2D eigenvalue weighted by molar-refractivity contribution is 6.21. The van der Waals surface area contributed by atoms with Gasteiger partial charge in [-0.15, -0.1) is 0 Å². The number of alkyl halides is 1. The van der Waals surface area contributed by atoms with E-state index in [4.69, 9.17) is 11.6 Å². The minimum Gasteiger partial charge on any atom is -0.319 e. The average molecular weight is 155 g/mol. The highest BCUT2D eigenvalue weighted by atomic mass is 35.5. The van der Waals surface area contributed by atoms with Crippen LogP contribution in [-0.2, 0) is 0 Å². The van der Waals surface area contributed by atoms with E-state index in [9.17, 15) is 0 Å². The summed E-state index contributed by atoms with van der Waals surface area (Å²) in [5.41, 5.74) is 7.97. The van der Waals surface area contributed by atoms with Crippen LogP contribution in [0.5, 0.6) is 0 Å². The first kappa shape index (κ1) is 6.01. The molecule has 0 saturated carbocycles. The number of hydrogen-bond donors (Lipinski definition) is 2. The zero-order valence-corrected chi connectivity index (χ0v) is 6.02. The van der Waals surface area contributed by atoms with Crippen LogP contribution >= 0.6 is 11.6 Å². The average Bonchev–Trinajstić information content (AvgIpc) is 2.34. The van der Waals surface area contributed by atoms with Gasteiger partial charge in [-0.3, -0.25) is 0 Å². The largest absolute Gasteiger partial charge is 0.319 e. The lowest BCUT2D eigenvalue weighted by Crippen LogP contribution is -2.13. The first-order valence-corrected chi connectivity index (χ1v) is 3.56. The monoisotopic (exact) mass is 154 g/mol. The summed E-state index contributed by atoms with van der Waals surface area (Å²) < 4.78 is 0. The van der Waals surface area contributed by atoms with Gasteiger partial charge >= 0.3 is 0 Å². The van der Waals surface area contributed by atoms with Crippen LogP contribution in [0, 0.1) is 0 Å². The number of anilines is 1. The fraction of sp³-hybridized carbons (Fsp3) is 0.143. The standard InChI is InChI=1S/C7H7ClN2/c8-7-5-3-1-2-4-6(5)9-10-7/h1-4,7,9-10H. The number of hydrogen-bond acceptors (Lipinski definition) is 2. The topological polar surface area (TPSA) is 24.1 Å². The Morgan fingerprint density at radius 2 is 2.10 bits per heavy atom. The molecule has 0 fully saturated rings. The van der Waals surface area contributed by atoms with Crippen molar-refractivity contribution in [2.24, 2.45) is 0 Å². The van der Waals surface area contributed by atoms with Crippen LogP contribution in [0.2, 0.25) is 0 Å². The van der Waals surface area contributed by atoms with Gasteiger partial charge in [0.05, 0.1) is 5.69 Å². The predicted octanol–water partition coefficient (Wildman–Crippen LogP) is 1.85. The molecular weight excluding hydrogens is 148 g/mol. The summed E-state index contributed by atoms with van der Waals surface area (Å²) in [6, 6.07) is 7.94. The number of hydrazine groups is 1. The zero-order chi connectivity index (χ0) is 6.97. The molecule has 0 aliphatic carbocycles. The second kappa shape index (κ2) is 2.15. The lowest BCUT2D eigenvalue weighted by atomic mass is 10.2. The minimum atomic E-state index is -0.0869. The number of rotatable bonds is 0. The zero-order valence-electron chi connectivity index (χ0n) is 5.26. The van der Waals surface area contributed by atoms with E-state index in [1.54, 1.807) is 0 Å². The van der Waals surface area contributed by atoms with E-state index in [1.165, 1.54) is 0 Å². The first-order valence-electron chi connectivity index (χ1n) is 3.12. The Bertz CT molecular complexity index is 249. The second-order valence-electron chi connectivity index (χ2n) is 2.22. The smallest absolute Gasteiger partial charge is 0.127 e. The maximum Gasteiger partial charge on any atom is 0.127 e. The maximum absolute atomic E-state index is 5.87. The molecule has 2 N–H and O–H groups in total. The molecule has 0 aromatic heterocycles. The van der Waals surface area contributed by atoms with Gasteiger partial charge in [0, 0.05) is 5.56 Å². The van der Waals surface area contributed by atoms with Crippen molar-refractivity contribution >= 4 is 17.3 Å². The molecule has 1 unspecified atom stereocenters. The molecule has 3 heteroatoms. The van der Waals surface area contributed by atoms with Crippen molar-refractivity contribution in [3.63, 3.8) is 0 Å². The molecule has 1 aliphatic rings. The molecule has 2 nitrogen and oxygen atoms in total. The number of fused-ring (bicyclic) bond motifs is 1. The number of nitrogens with one attached hydrogen (secondary N) is 2. The quantitative estimate of drug-likeness (QED) is 0.440. The second-order valence-corrected chi connectivity index (χ2v) is 2.66. The van der Waals surface area contributed by atoms with Crippen LogP contribution in [0.4, 0.5) is 5.69 Å². The molecule has 2 rings (SSSR count). The number of para-hydroxylation sites is 1. The maximum atomic E-state index is 5.87. The molecule has 52 valence electrons. The molecule has 10 heavy (non-hydrogen) atoms. The van der Waals surface area contributed by atoms with Crippen molar-refractivity contribution in [3.05, 3.63) is 29.8 Å². The van der Waals surface area contributed by atoms with E-state index in [2.05, 4.69) is 10.9 Å². The number of halogens is 1. The lowest BCUT2D eigenvalue weighted by Gasteiger charge is -1.96. The Morgan fingerprint density at radius 1 is 1.30 bits per heavy atom. The lowest BCUT2D eigenvalue weighted by molar-refractivity contribution is 0.825. The van der Waals surface area contributed by atoms with E-state index in [1.807, 2.05) is 24.3 Å². The van der Waals surface area contributed by atoms with E-state index in [0.717, 1.165) is 11.3 Å². The van der Waals surface area contributed by atoms with Crippen LogP contribution in [0.3, 0.4) is 0 Å². The van der Waals surface area contributed by atoms with Crippen molar-refractivity contribution in [2.45, 2.75) is 5.50 Å². The molecule has 1 aliphatic heterocycles. The van der Waals surface area contributed by atoms with Crippen LogP contribution in [0.25, 0.3) is 0 Å². The minimum absolute atomic E-state index is 0.0869. The first-order chi connectivity index (χ1) is 4.88. The Labute approximate surface area is 64.2 Å². The van der Waals surface area contributed by atoms with E-state index in [0.29, 0.717) is 0 Å². The SMILES string of the molecule is ClC1NNc2ccccc21. The Kier molecular flexibility index (Phi) is 1.29. The van der Waals surface area contributed by atoms with Crippen molar-refractivity contribution in [3.8, 4) is 0 Å². The normalized spacial score (nSPS) is 21.9. The third kappa shape index (κ3) is 0.770. The molecular formula is C7H7ClN2. The summed E-state index contributed by atoms with van der Waals surface area (Å²) in [5, 5.41) is 0. The van der Waals surface area contributed by atoms with Gasteiger partial charge < -0.3 is 5.43 Å². The number of benzene rings is 1. The Morgan fingerprint density at radius 3 is 2.90 bits per heavy atom. The van der Waals surface area contributed by atoms with Crippen LogP contribution < -0.4 is 10.9 Å². The summed E-state index contributed by atoms with van der Waals surface area (Å²) in [4.78, 5) is 0. The van der Waals surface area contributed by atoms with E-state index >= 15 is 0 Å². The Hall–Kier alpha value is -0.730. The molecule has 1 aromatic carbocycles. The highest BCUT2D eigenvalue weighted by Gasteiger charge is 2.17. The molecule has 1 aromatic rings. The van der Waals surface area contributed by atoms with E-state index < -0.39 is 0 Å². The van der Waals surface area contributed by atoms with Crippen LogP contribution in [0.1, 0.15) is 11.1 Å². The molecule has 0 amide bonds. The van der Waals surface area contributed by atoms with Gasteiger partial charge in [-0.05, 0) is 6.07 Å². The molecule has 1 heterocycles. The van der Waals surface area contributed by atoms with Gasteiger partial charge in [0.1, 0.15) is 5.50 Å². The van der Waals surface area contributed by atoms with Crippen molar-refractivity contribution in [1.29, 1.82) is 0 Å². The third-order valence-corrected chi connectivity index (χ3v) is 1.91. The molecule has 1 atom stereocenters. The fourth-order valence-corrected chi connectivity index (χ4v) is 1.30. The Balaban J connectivity index is 2.51. The predicted molar refractivity (Wildman–Crippen MR) is 41.8 cm³/mol. The summed E-state index contributed by atoms with van der Waals surface area (Å²) in [6.45, 7) is 0. The van der Waals surface area contributed by atoms with Gasteiger partial charge in [-0.25, -0.2) is 5.43 Å².